The van der Waals surface area contributed by atoms with Crippen molar-refractivity contribution in [3.8, 4) is 11.5 Å². The Balaban J connectivity index is 1.65. The molecular weight excluding hydrogens is 408 g/mol. The molecule has 0 aromatic heterocycles. The molecule has 1 aliphatic heterocycles. The fourth-order valence-corrected chi connectivity index (χ4v) is 4.36. The van der Waals surface area contributed by atoms with Crippen molar-refractivity contribution in [2.45, 2.75) is 30.3 Å². The minimum atomic E-state index is -3.81. The first kappa shape index (κ1) is 21.9. The first-order valence-electron chi connectivity index (χ1n) is 9.62. The van der Waals surface area contributed by atoms with Gasteiger partial charge in [0, 0.05) is 24.8 Å². The lowest BCUT2D eigenvalue weighted by Gasteiger charge is -2.29. The van der Waals surface area contributed by atoms with Gasteiger partial charge in [0.25, 0.3) is 10.0 Å². The van der Waals surface area contributed by atoms with E-state index in [1.165, 1.54) is 32.4 Å². The van der Waals surface area contributed by atoms with Gasteiger partial charge in [0.1, 0.15) is 0 Å². The van der Waals surface area contributed by atoms with Crippen molar-refractivity contribution in [1.29, 1.82) is 0 Å². The lowest BCUT2D eigenvalue weighted by molar-refractivity contribution is -0.132. The summed E-state index contributed by atoms with van der Waals surface area (Å²) in [5, 5.41) is 9.55. The summed E-state index contributed by atoms with van der Waals surface area (Å²) in [5.74, 6) is 0.758. The molecule has 0 atom stereocenters. The lowest BCUT2D eigenvalue weighted by Crippen LogP contribution is -2.40. The normalized spacial score (nSPS) is 15.0. The van der Waals surface area contributed by atoms with E-state index in [1.807, 2.05) is 0 Å². The molecule has 0 unspecified atom stereocenters. The highest BCUT2D eigenvalue weighted by molar-refractivity contribution is 7.92. The molecule has 1 fully saturated rings. The Hall–Kier alpha value is -2.78. The van der Waals surface area contributed by atoms with Gasteiger partial charge in [-0.15, -0.1) is 0 Å². The highest BCUT2D eigenvalue weighted by Gasteiger charge is 2.21. The van der Waals surface area contributed by atoms with Gasteiger partial charge in [0.2, 0.25) is 5.91 Å². The van der Waals surface area contributed by atoms with Crippen molar-refractivity contribution in [2.75, 3.05) is 32.0 Å². The third kappa shape index (κ3) is 5.22. The molecular formula is C21H26N2O6S. The Morgan fingerprint density at radius 2 is 1.70 bits per heavy atom. The SMILES string of the molecule is COc1ccc(S(=O)(=O)Nc2ccc(CC(=O)N3CCC(O)CC3)cc2)cc1OC. The zero-order chi connectivity index (χ0) is 21.7. The Morgan fingerprint density at radius 1 is 1.07 bits per heavy atom. The summed E-state index contributed by atoms with van der Waals surface area (Å²) in [7, 11) is -0.898. The van der Waals surface area contributed by atoms with Crippen LogP contribution in [0.5, 0.6) is 11.5 Å². The number of amides is 1. The van der Waals surface area contributed by atoms with Gasteiger partial charge in [-0.3, -0.25) is 9.52 Å². The number of nitrogens with one attached hydrogen (secondary N) is 1. The summed E-state index contributed by atoms with van der Waals surface area (Å²) in [5.41, 5.74) is 1.18. The third-order valence-electron chi connectivity index (χ3n) is 5.04. The van der Waals surface area contributed by atoms with Crippen molar-refractivity contribution in [3.63, 3.8) is 0 Å². The molecule has 0 saturated carbocycles. The van der Waals surface area contributed by atoms with Crippen LogP contribution in [-0.4, -0.2) is 57.7 Å². The molecule has 3 rings (SSSR count). The van der Waals surface area contributed by atoms with Crippen LogP contribution in [0.1, 0.15) is 18.4 Å². The van der Waals surface area contributed by atoms with Gasteiger partial charge in [-0.05, 0) is 42.7 Å². The molecule has 8 nitrogen and oxygen atoms in total. The maximum Gasteiger partial charge on any atom is 0.262 e. The van der Waals surface area contributed by atoms with Crippen LogP contribution >= 0.6 is 0 Å². The molecule has 1 aliphatic rings. The van der Waals surface area contributed by atoms with E-state index in [4.69, 9.17) is 9.47 Å². The predicted molar refractivity (Wildman–Crippen MR) is 112 cm³/mol. The molecule has 1 amide bonds. The number of benzene rings is 2. The Morgan fingerprint density at radius 3 is 2.30 bits per heavy atom. The smallest absolute Gasteiger partial charge is 0.262 e. The van der Waals surface area contributed by atoms with E-state index in [-0.39, 0.29) is 23.3 Å². The fraction of sp³-hybridized carbons (Fsp3) is 0.381. The van der Waals surface area contributed by atoms with E-state index < -0.39 is 10.0 Å². The van der Waals surface area contributed by atoms with Gasteiger partial charge in [0.15, 0.2) is 11.5 Å². The van der Waals surface area contributed by atoms with Gasteiger partial charge in [-0.2, -0.15) is 0 Å². The third-order valence-corrected chi connectivity index (χ3v) is 6.42. The number of hydrogen-bond donors (Lipinski definition) is 2. The molecule has 0 radical (unpaired) electrons. The van der Waals surface area contributed by atoms with E-state index >= 15 is 0 Å². The van der Waals surface area contributed by atoms with Crippen molar-refractivity contribution >= 4 is 21.6 Å². The molecule has 0 aliphatic carbocycles. The summed E-state index contributed by atoms with van der Waals surface area (Å²) in [6, 6.07) is 11.1. The standard InChI is InChI=1S/C21H26N2O6S/c1-28-19-8-7-18(14-20(19)29-2)30(26,27)22-16-5-3-15(4-6-16)13-21(25)23-11-9-17(24)10-12-23/h3-8,14,17,22,24H,9-13H2,1-2H3. The number of nitrogens with zero attached hydrogens (tertiary/aromatic N) is 1. The molecule has 0 bridgehead atoms. The van der Waals surface area contributed by atoms with Crippen LogP contribution < -0.4 is 14.2 Å². The van der Waals surface area contributed by atoms with Crippen LogP contribution in [0.3, 0.4) is 0 Å². The summed E-state index contributed by atoms with van der Waals surface area (Å²) in [4.78, 5) is 14.2. The first-order valence-corrected chi connectivity index (χ1v) is 11.1. The van der Waals surface area contributed by atoms with Crippen LogP contribution in [0.15, 0.2) is 47.4 Å². The number of aliphatic hydroxyl groups excluding tert-OH is 1. The second-order valence-electron chi connectivity index (χ2n) is 7.11. The molecule has 2 aromatic carbocycles. The average molecular weight is 435 g/mol. The Kier molecular flexibility index (Phi) is 6.84. The molecule has 1 saturated heterocycles. The summed E-state index contributed by atoms with van der Waals surface area (Å²) in [6.07, 6.45) is 1.11. The van der Waals surface area contributed by atoms with Crippen LogP contribution in [0.25, 0.3) is 0 Å². The number of carbonyl (C=O) groups is 1. The second kappa shape index (κ2) is 9.36. The number of carbonyl (C=O) groups excluding carboxylic acids is 1. The van der Waals surface area contributed by atoms with Crippen molar-refractivity contribution in [3.05, 3.63) is 48.0 Å². The van der Waals surface area contributed by atoms with E-state index in [1.54, 1.807) is 29.2 Å². The summed E-state index contributed by atoms with van der Waals surface area (Å²) in [6.45, 7) is 1.12. The Labute approximate surface area is 176 Å². The number of likely N-dealkylation sites (tertiary alicyclic amines) is 1. The van der Waals surface area contributed by atoms with Crippen LogP contribution in [0, 0.1) is 0 Å². The molecule has 9 heteroatoms. The molecule has 162 valence electrons. The fourth-order valence-electron chi connectivity index (χ4n) is 3.29. The quantitative estimate of drug-likeness (QED) is 0.691. The van der Waals surface area contributed by atoms with Gasteiger partial charge in [-0.25, -0.2) is 8.42 Å². The maximum absolute atomic E-state index is 12.7. The van der Waals surface area contributed by atoms with E-state index in [0.717, 1.165) is 5.56 Å². The summed E-state index contributed by atoms with van der Waals surface area (Å²) >= 11 is 0. The number of sulfonamides is 1. The number of piperidine rings is 1. The van der Waals surface area contributed by atoms with Crippen molar-refractivity contribution in [2.24, 2.45) is 0 Å². The minimum Gasteiger partial charge on any atom is -0.493 e. The van der Waals surface area contributed by atoms with E-state index in [9.17, 15) is 18.3 Å². The summed E-state index contributed by atoms with van der Waals surface area (Å²) < 4.78 is 38.2. The van der Waals surface area contributed by atoms with Gasteiger partial charge < -0.3 is 19.5 Å². The van der Waals surface area contributed by atoms with Crippen LogP contribution in [-0.2, 0) is 21.2 Å². The number of anilines is 1. The van der Waals surface area contributed by atoms with Gasteiger partial charge in [0.05, 0.1) is 31.6 Å². The molecule has 2 aromatic rings. The monoisotopic (exact) mass is 434 g/mol. The number of rotatable bonds is 7. The number of aliphatic hydroxyl groups is 1. The van der Waals surface area contributed by atoms with Crippen LogP contribution in [0.4, 0.5) is 5.69 Å². The molecule has 30 heavy (non-hydrogen) atoms. The van der Waals surface area contributed by atoms with E-state index in [0.29, 0.717) is 43.1 Å². The molecule has 1 heterocycles. The highest BCUT2D eigenvalue weighted by Crippen LogP contribution is 2.30. The zero-order valence-corrected chi connectivity index (χ0v) is 17.8. The lowest BCUT2D eigenvalue weighted by atomic mass is 10.1. The largest absolute Gasteiger partial charge is 0.493 e. The maximum atomic E-state index is 12.7. The number of ether oxygens (including phenoxy) is 2. The zero-order valence-electron chi connectivity index (χ0n) is 17.0. The molecule has 0 spiro atoms. The first-order chi connectivity index (χ1) is 14.3. The van der Waals surface area contributed by atoms with E-state index in [2.05, 4.69) is 4.72 Å². The predicted octanol–water partition coefficient (Wildman–Crippen LogP) is 2.03. The second-order valence-corrected chi connectivity index (χ2v) is 8.79. The Bertz CT molecular complexity index is 983. The van der Waals surface area contributed by atoms with Crippen molar-refractivity contribution < 1.29 is 27.8 Å². The minimum absolute atomic E-state index is 0.000517. The number of methoxy groups -OCH3 is 2. The van der Waals surface area contributed by atoms with Gasteiger partial charge in [-0.1, -0.05) is 12.1 Å². The van der Waals surface area contributed by atoms with Crippen molar-refractivity contribution in [1.82, 2.24) is 4.90 Å². The topological polar surface area (TPSA) is 105 Å². The number of hydrogen-bond acceptors (Lipinski definition) is 6. The average Bonchev–Trinajstić information content (AvgIpc) is 2.74. The van der Waals surface area contributed by atoms with Crippen LogP contribution in [0.2, 0.25) is 0 Å². The van der Waals surface area contributed by atoms with Gasteiger partial charge >= 0.3 is 0 Å². The molecule has 2 N–H and O–H groups in total. The highest BCUT2D eigenvalue weighted by atomic mass is 32.2.